The molecule has 3 N–H and O–H groups in total. The lowest BCUT2D eigenvalue weighted by Gasteiger charge is -2.29. The summed E-state index contributed by atoms with van der Waals surface area (Å²) in [5, 5.41) is 15.3. The number of halogens is 3. The fraction of sp³-hybridized carbons (Fsp3) is 0.500. The van der Waals surface area contributed by atoms with Crippen LogP contribution in [0.4, 0.5) is 24.8 Å². The van der Waals surface area contributed by atoms with Crippen molar-refractivity contribution in [2.75, 3.05) is 43.1 Å². The summed E-state index contributed by atoms with van der Waals surface area (Å²) in [7, 11) is 0. The first-order valence-corrected chi connectivity index (χ1v) is 11.6. The van der Waals surface area contributed by atoms with Gasteiger partial charge in [-0.05, 0) is 51.5 Å². The normalized spacial score (nSPS) is 15.2. The van der Waals surface area contributed by atoms with E-state index in [0.29, 0.717) is 37.6 Å². The Labute approximate surface area is 212 Å². The number of amides is 2. The SMILES string of the molecule is Cc1cc(C(C)NC(=O)c2ccc(OCC(F)(F)F)nc2N2CCOCC2)cc(NC(=O)C(C)(C)O)n1. The van der Waals surface area contributed by atoms with Crippen molar-refractivity contribution in [1.82, 2.24) is 15.3 Å². The number of pyridine rings is 2. The van der Waals surface area contributed by atoms with E-state index in [4.69, 9.17) is 9.47 Å². The number of aryl methyl sites for hydroxylation is 1. The van der Waals surface area contributed by atoms with Crippen molar-refractivity contribution in [3.05, 3.63) is 41.1 Å². The summed E-state index contributed by atoms with van der Waals surface area (Å²) in [6, 6.07) is 5.37. The molecule has 0 aromatic carbocycles. The Morgan fingerprint density at radius 2 is 1.86 bits per heavy atom. The standard InChI is InChI=1S/C24H30F3N5O5/c1-14-11-16(12-18(28-14)30-22(34)23(3,4)35)15(2)29-21(33)17-5-6-19(37-13-24(25,26)27)31-20(17)32-7-9-36-10-8-32/h5-6,11-12,15,35H,7-10,13H2,1-4H3,(H,29,33)(H,28,30,34). The molecular formula is C24H30F3N5O5. The predicted octanol–water partition coefficient (Wildman–Crippen LogP) is 2.76. The first kappa shape index (κ1) is 28.1. The van der Waals surface area contributed by atoms with Gasteiger partial charge in [-0.3, -0.25) is 9.59 Å². The van der Waals surface area contributed by atoms with E-state index in [-0.39, 0.29) is 23.1 Å². The van der Waals surface area contributed by atoms with Crippen LogP contribution in [0.2, 0.25) is 0 Å². The van der Waals surface area contributed by atoms with Crippen LogP contribution >= 0.6 is 0 Å². The number of carbonyl (C=O) groups is 2. The van der Waals surface area contributed by atoms with Gasteiger partial charge in [-0.1, -0.05) is 0 Å². The van der Waals surface area contributed by atoms with Crippen LogP contribution in [0.25, 0.3) is 0 Å². The Balaban J connectivity index is 1.82. The summed E-state index contributed by atoms with van der Waals surface area (Å²) in [4.78, 5) is 35.6. The maximum Gasteiger partial charge on any atom is 0.422 e. The smallest absolute Gasteiger partial charge is 0.422 e. The Morgan fingerprint density at radius 1 is 1.19 bits per heavy atom. The monoisotopic (exact) mass is 525 g/mol. The van der Waals surface area contributed by atoms with Gasteiger partial charge in [0.05, 0.1) is 24.8 Å². The zero-order valence-electron chi connectivity index (χ0n) is 21.0. The van der Waals surface area contributed by atoms with Crippen molar-refractivity contribution in [2.24, 2.45) is 0 Å². The highest BCUT2D eigenvalue weighted by molar-refractivity contribution is 5.99. The highest BCUT2D eigenvalue weighted by Crippen LogP contribution is 2.26. The minimum absolute atomic E-state index is 0.162. The molecule has 13 heteroatoms. The Hall–Kier alpha value is -3.45. The second-order valence-corrected chi connectivity index (χ2v) is 9.16. The minimum Gasteiger partial charge on any atom is -0.468 e. The number of hydrogen-bond acceptors (Lipinski definition) is 8. The predicted molar refractivity (Wildman–Crippen MR) is 129 cm³/mol. The van der Waals surface area contributed by atoms with E-state index in [0.717, 1.165) is 0 Å². The molecule has 1 atom stereocenters. The number of alkyl halides is 3. The lowest BCUT2D eigenvalue weighted by molar-refractivity contribution is -0.154. The first-order valence-electron chi connectivity index (χ1n) is 11.6. The summed E-state index contributed by atoms with van der Waals surface area (Å²) in [6.07, 6.45) is -4.53. The second kappa shape index (κ2) is 11.3. The van der Waals surface area contributed by atoms with E-state index in [2.05, 4.69) is 20.6 Å². The van der Waals surface area contributed by atoms with Crippen LogP contribution in [0.3, 0.4) is 0 Å². The molecule has 3 rings (SSSR count). The molecule has 1 unspecified atom stereocenters. The highest BCUT2D eigenvalue weighted by Gasteiger charge is 2.30. The number of nitrogens with one attached hydrogen (secondary N) is 2. The molecule has 2 aromatic rings. The average molecular weight is 526 g/mol. The van der Waals surface area contributed by atoms with Crippen molar-refractivity contribution < 1.29 is 37.3 Å². The first-order chi connectivity index (χ1) is 17.2. The van der Waals surface area contributed by atoms with E-state index < -0.39 is 36.2 Å². The number of anilines is 2. The molecule has 2 amide bonds. The van der Waals surface area contributed by atoms with E-state index in [1.54, 1.807) is 30.9 Å². The topological polar surface area (TPSA) is 126 Å². The van der Waals surface area contributed by atoms with Crippen LogP contribution in [0.1, 0.15) is 48.4 Å². The molecule has 0 aliphatic carbocycles. The van der Waals surface area contributed by atoms with Gasteiger partial charge in [0.2, 0.25) is 5.88 Å². The van der Waals surface area contributed by atoms with Crippen LogP contribution in [0.5, 0.6) is 5.88 Å². The van der Waals surface area contributed by atoms with Gasteiger partial charge in [0.15, 0.2) is 6.61 Å². The van der Waals surface area contributed by atoms with Crippen LogP contribution < -0.4 is 20.3 Å². The summed E-state index contributed by atoms with van der Waals surface area (Å²) in [5.41, 5.74) is -0.233. The fourth-order valence-corrected chi connectivity index (χ4v) is 3.50. The minimum atomic E-state index is -4.53. The van der Waals surface area contributed by atoms with Crippen LogP contribution in [0.15, 0.2) is 24.3 Å². The van der Waals surface area contributed by atoms with E-state index in [1.165, 1.54) is 26.0 Å². The Kier molecular flexibility index (Phi) is 8.59. The lowest BCUT2D eigenvalue weighted by atomic mass is 10.1. The third kappa shape index (κ3) is 8.02. The Bertz CT molecular complexity index is 1130. The molecule has 1 saturated heterocycles. The van der Waals surface area contributed by atoms with Crippen LogP contribution in [-0.2, 0) is 9.53 Å². The molecule has 10 nitrogen and oxygen atoms in total. The number of nitrogens with zero attached hydrogens (tertiary/aromatic N) is 3. The molecule has 37 heavy (non-hydrogen) atoms. The summed E-state index contributed by atoms with van der Waals surface area (Å²) < 4.78 is 47.9. The van der Waals surface area contributed by atoms with E-state index in [9.17, 15) is 27.9 Å². The fourth-order valence-electron chi connectivity index (χ4n) is 3.50. The van der Waals surface area contributed by atoms with Crippen molar-refractivity contribution in [3.63, 3.8) is 0 Å². The molecule has 202 valence electrons. The van der Waals surface area contributed by atoms with Gasteiger partial charge in [0.25, 0.3) is 11.8 Å². The molecule has 1 aliphatic rings. The van der Waals surface area contributed by atoms with Crippen LogP contribution in [-0.4, -0.2) is 71.6 Å². The van der Waals surface area contributed by atoms with Gasteiger partial charge in [0, 0.05) is 24.8 Å². The largest absolute Gasteiger partial charge is 0.468 e. The number of aliphatic hydroxyl groups is 1. The van der Waals surface area contributed by atoms with Gasteiger partial charge in [-0.25, -0.2) is 4.98 Å². The molecule has 2 aromatic heterocycles. The molecule has 3 heterocycles. The average Bonchev–Trinajstić information content (AvgIpc) is 2.81. The van der Waals surface area contributed by atoms with Gasteiger partial charge >= 0.3 is 6.18 Å². The summed E-state index contributed by atoms with van der Waals surface area (Å²) in [5.74, 6) is -0.982. The number of aromatic nitrogens is 2. The third-order valence-electron chi connectivity index (χ3n) is 5.41. The van der Waals surface area contributed by atoms with Crippen molar-refractivity contribution in [2.45, 2.75) is 45.5 Å². The zero-order valence-corrected chi connectivity index (χ0v) is 21.0. The van der Waals surface area contributed by atoms with Crippen molar-refractivity contribution in [1.29, 1.82) is 0 Å². The highest BCUT2D eigenvalue weighted by atomic mass is 19.4. The molecule has 0 bridgehead atoms. The van der Waals surface area contributed by atoms with Crippen molar-refractivity contribution >= 4 is 23.5 Å². The maximum atomic E-state index is 13.3. The number of carbonyl (C=O) groups excluding carboxylic acids is 2. The number of rotatable bonds is 8. The zero-order chi connectivity index (χ0) is 27.4. The Morgan fingerprint density at radius 3 is 2.49 bits per heavy atom. The van der Waals surface area contributed by atoms with E-state index >= 15 is 0 Å². The molecule has 0 radical (unpaired) electrons. The molecule has 0 saturated carbocycles. The summed E-state index contributed by atoms with van der Waals surface area (Å²) in [6.45, 7) is 6.21. The third-order valence-corrected chi connectivity index (χ3v) is 5.41. The van der Waals surface area contributed by atoms with Gasteiger partial charge in [-0.2, -0.15) is 18.2 Å². The molecular weight excluding hydrogens is 495 g/mol. The molecule has 0 spiro atoms. The maximum absolute atomic E-state index is 13.3. The number of morpholine rings is 1. The molecule has 1 fully saturated rings. The van der Waals surface area contributed by atoms with Gasteiger partial charge in [-0.15, -0.1) is 0 Å². The van der Waals surface area contributed by atoms with Gasteiger partial charge in [0.1, 0.15) is 17.2 Å². The van der Waals surface area contributed by atoms with E-state index in [1.807, 2.05) is 0 Å². The summed E-state index contributed by atoms with van der Waals surface area (Å²) >= 11 is 0. The number of ether oxygens (including phenoxy) is 2. The second-order valence-electron chi connectivity index (χ2n) is 9.16. The quantitative estimate of drug-likeness (QED) is 0.481. The van der Waals surface area contributed by atoms with Crippen LogP contribution in [0, 0.1) is 6.92 Å². The number of hydrogen-bond donors (Lipinski definition) is 3. The van der Waals surface area contributed by atoms with Crippen molar-refractivity contribution in [3.8, 4) is 5.88 Å². The van der Waals surface area contributed by atoms with Gasteiger partial charge < -0.3 is 30.1 Å². The molecule has 1 aliphatic heterocycles. The lowest BCUT2D eigenvalue weighted by Crippen LogP contribution is -2.39.